The summed E-state index contributed by atoms with van der Waals surface area (Å²) in [5.41, 5.74) is 1.12. The average Bonchev–Trinajstić information content (AvgIpc) is 2.51. The number of ether oxygens (including phenoxy) is 1. The number of benzene rings is 2. The molecule has 0 aliphatic heterocycles. The number of aryl methyl sites for hydroxylation is 1. The molecule has 5 nitrogen and oxygen atoms in total. The fourth-order valence-corrected chi connectivity index (χ4v) is 2.07. The van der Waals surface area contributed by atoms with Crippen LogP contribution in [0.1, 0.15) is 15.9 Å². The zero-order valence-electron chi connectivity index (χ0n) is 12.1. The van der Waals surface area contributed by atoms with Crippen molar-refractivity contribution >= 4 is 40.8 Å². The third-order valence-corrected chi connectivity index (χ3v) is 3.55. The smallest absolute Gasteiger partial charge is 0.338 e. The van der Waals surface area contributed by atoms with Crippen LogP contribution in [0.3, 0.4) is 0 Å². The molecule has 0 heterocycles. The van der Waals surface area contributed by atoms with Gasteiger partial charge in [-0.25, -0.2) is 4.79 Å². The van der Waals surface area contributed by atoms with Gasteiger partial charge in [-0.3, -0.25) is 4.79 Å². The molecular formula is C16H13Cl2NO4. The van der Waals surface area contributed by atoms with Crippen LogP contribution < -0.4 is 5.32 Å². The first-order valence-corrected chi connectivity index (χ1v) is 7.34. The maximum absolute atomic E-state index is 11.8. The van der Waals surface area contributed by atoms with Crippen LogP contribution in [0.4, 0.5) is 5.69 Å². The fraction of sp³-hybridized carbons (Fsp3) is 0.125. The number of nitrogens with one attached hydrogen (secondary N) is 1. The van der Waals surface area contributed by atoms with Crippen LogP contribution in [0.2, 0.25) is 10.0 Å². The second kappa shape index (κ2) is 7.35. The molecule has 0 fully saturated rings. The molecule has 2 N–H and O–H groups in total. The van der Waals surface area contributed by atoms with E-state index in [1.165, 1.54) is 18.2 Å². The molecule has 0 aliphatic carbocycles. The Kier molecular flexibility index (Phi) is 5.47. The molecule has 2 aromatic carbocycles. The monoisotopic (exact) mass is 353 g/mol. The van der Waals surface area contributed by atoms with Gasteiger partial charge in [0.2, 0.25) is 0 Å². The summed E-state index contributed by atoms with van der Waals surface area (Å²) >= 11 is 11.7. The molecule has 0 spiro atoms. The maximum Gasteiger partial charge on any atom is 0.338 e. The minimum absolute atomic E-state index is 0.0189. The van der Waals surface area contributed by atoms with Crippen molar-refractivity contribution in [3.05, 3.63) is 57.6 Å². The van der Waals surface area contributed by atoms with Crippen molar-refractivity contribution in [1.29, 1.82) is 0 Å². The van der Waals surface area contributed by atoms with Crippen LogP contribution in [0, 0.1) is 6.92 Å². The number of phenols is 1. The van der Waals surface area contributed by atoms with Crippen molar-refractivity contribution in [2.75, 3.05) is 11.9 Å². The van der Waals surface area contributed by atoms with Gasteiger partial charge in [0.25, 0.3) is 5.91 Å². The summed E-state index contributed by atoms with van der Waals surface area (Å²) in [4.78, 5) is 23.6. The molecule has 0 bridgehead atoms. The number of carbonyl (C=O) groups is 2. The Labute approximate surface area is 142 Å². The number of hydrogen-bond acceptors (Lipinski definition) is 4. The van der Waals surface area contributed by atoms with Crippen LogP contribution in [0.5, 0.6) is 5.75 Å². The molecule has 0 aromatic heterocycles. The van der Waals surface area contributed by atoms with E-state index in [0.717, 1.165) is 0 Å². The van der Waals surface area contributed by atoms with E-state index in [1.54, 1.807) is 25.1 Å². The van der Waals surface area contributed by atoms with E-state index < -0.39 is 18.5 Å². The van der Waals surface area contributed by atoms with E-state index in [2.05, 4.69) is 5.32 Å². The molecule has 2 aromatic rings. The molecule has 23 heavy (non-hydrogen) atoms. The van der Waals surface area contributed by atoms with Gasteiger partial charge in [0.05, 0.1) is 16.3 Å². The van der Waals surface area contributed by atoms with Gasteiger partial charge in [-0.2, -0.15) is 0 Å². The summed E-state index contributed by atoms with van der Waals surface area (Å²) in [7, 11) is 0. The fourth-order valence-electron chi connectivity index (χ4n) is 1.73. The van der Waals surface area contributed by atoms with E-state index in [-0.39, 0.29) is 11.3 Å². The van der Waals surface area contributed by atoms with E-state index in [1.807, 2.05) is 0 Å². The predicted octanol–water partition coefficient (Wildman–Crippen LogP) is 3.80. The van der Waals surface area contributed by atoms with Crippen LogP contribution in [-0.2, 0) is 9.53 Å². The molecule has 2 rings (SSSR count). The predicted molar refractivity (Wildman–Crippen MR) is 88.2 cm³/mol. The number of esters is 1. The summed E-state index contributed by atoms with van der Waals surface area (Å²) in [6.07, 6.45) is 0. The normalized spacial score (nSPS) is 10.2. The second-order valence-electron chi connectivity index (χ2n) is 4.75. The number of hydrogen-bond donors (Lipinski definition) is 2. The minimum atomic E-state index is -0.715. The summed E-state index contributed by atoms with van der Waals surface area (Å²) in [5, 5.41) is 12.8. The Morgan fingerprint density at radius 1 is 1.17 bits per heavy atom. The summed E-state index contributed by atoms with van der Waals surface area (Å²) < 4.78 is 4.89. The van der Waals surface area contributed by atoms with Gasteiger partial charge < -0.3 is 15.2 Å². The Balaban J connectivity index is 1.94. The van der Waals surface area contributed by atoms with Crippen LogP contribution in [-0.4, -0.2) is 23.6 Å². The number of anilines is 1. The molecule has 0 unspecified atom stereocenters. The number of phenolic OH excluding ortho intramolecular Hbond substituents is 1. The average molecular weight is 354 g/mol. The highest BCUT2D eigenvalue weighted by molar-refractivity contribution is 6.35. The van der Waals surface area contributed by atoms with Crippen molar-refractivity contribution in [1.82, 2.24) is 0 Å². The van der Waals surface area contributed by atoms with Gasteiger partial charge in [0, 0.05) is 5.02 Å². The second-order valence-corrected chi connectivity index (χ2v) is 5.59. The zero-order chi connectivity index (χ0) is 17.0. The van der Waals surface area contributed by atoms with Gasteiger partial charge in [-0.05, 0) is 42.8 Å². The Morgan fingerprint density at radius 3 is 2.61 bits per heavy atom. The van der Waals surface area contributed by atoms with E-state index in [4.69, 9.17) is 27.9 Å². The van der Waals surface area contributed by atoms with Gasteiger partial charge in [0.15, 0.2) is 6.61 Å². The lowest BCUT2D eigenvalue weighted by atomic mass is 10.1. The van der Waals surface area contributed by atoms with E-state index >= 15 is 0 Å². The zero-order valence-corrected chi connectivity index (χ0v) is 13.6. The number of aromatic hydroxyl groups is 1. The first kappa shape index (κ1) is 17.1. The summed E-state index contributed by atoms with van der Waals surface area (Å²) in [6, 6.07) is 8.98. The quantitative estimate of drug-likeness (QED) is 0.819. The summed E-state index contributed by atoms with van der Waals surface area (Å²) in [5.74, 6) is -1.29. The number of halogens is 2. The maximum atomic E-state index is 11.8. The van der Waals surface area contributed by atoms with Crippen LogP contribution in [0.15, 0.2) is 36.4 Å². The highest BCUT2D eigenvalue weighted by Gasteiger charge is 2.13. The third kappa shape index (κ3) is 4.61. The SMILES string of the molecule is Cc1ccc(C(=O)OCC(=O)Nc2cc(Cl)ccc2Cl)cc1O. The first-order valence-electron chi connectivity index (χ1n) is 6.58. The molecule has 0 atom stereocenters. The molecular weight excluding hydrogens is 341 g/mol. The molecule has 0 radical (unpaired) electrons. The van der Waals surface area contributed by atoms with Crippen molar-refractivity contribution in [2.45, 2.75) is 6.92 Å². The Bertz CT molecular complexity index is 762. The largest absolute Gasteiger partial charge is 0.508 e. The number of carbonyl (C=O) groups excluding carboxylic acids is 2. The standard InChI is InChI=1S/C16H13Cl2NO4/c1-9-2-3-10(6-14(9)20)16(22)23-8-15(21)19-13-7-11(17)4-5-12(13)18/h2-7,20H,8H2,1H3,(H,19,21). The molecule has 0 saturated heterocycles. The highest BCUT2D eigenvalue weighted by atomic mass is 35.5. The van der Waals surface area contributed by atoms with Crippen LogP contribution in [0.25, 0.3) is 0 Å². The third-order valence-electron chi connectivity index (χ3n) is 2.98. The van der Waals surface area contributed by atoms with Crippen molar-refractivity contribution in [2.24, 2.45) is 0 Å². The van der Waals surface area contributed by atoms with Crippen LogP contribution >= 0.6 is 23.2 Å². The number of rotatable bonds is 4. The molecule has 120 valence electrons. The van der Waals surface area contributed by atoms with Crippen molar-refractivity contribution in [3.63, 3.8) is 0 Å². The highest BCUT2D eigenvalue weighted by Crippen LogP contribution is 2.25. The van der Waals surface area contributed by atoms with Gasteiger partial charge in [-0.1, -0.05) is 29.3 Å². The van der Waals surface area contributed by atoms with E-state index in [9.17, 15) is 14.7 Å². The molecule has 1 amide bonds. The summed E-state index contributed by atoms with van der Waals surface area (Å²) in [6.45, 7) is 1.21. The lowest BCUT2D eigenvalue weighted by Gasteiger charge is -2.09. The lowest BCUT2D eigenvalue weighted by molar-refractivity contribution is -0.119. The topological polar surface area (TPSA) is 75.6 Å². The minimum Gasteiger partial charge on any atom is -0.508 e. The first-order chi connectivity index (χ1) is 10.9. The molecule has 7 heteroatoms. The van der Waals surface area contributed by atoms with Gasteiger partial charge in [-0.15, -0.1) is 0 Å². The van der Waals surface area contributed by atoms with Crippen molar-refractivity contribution in [3.8, 4) is 5.75 Å². The molecule has 0 saturated carbocycles. The molecule has 0 aliphatic rings. The van der Waals surface area contributed by atoms with E-state index in [0.29, 0.717) is 21.3 Å². The van der Waals surface area contributed by atoms with Gasteiger partial charge in [0.1, 0.15) is 5.75 Å². The Hall–Kier alpha value is -2.24. The van der Waals surface area contributed by atoms with Gasteiger partial charge >= 0.3 is 5.97 Å². The Morgan fingerprint density at radius 2 is 1.91 bits per heavy atom. The van der Waals surface area contributed by atoms with Crippen molar-refractivity contribution < 1.29 is 19.4 Å². The number of amides is 1. The lowest BCUT2D eigenvalue weighted by Crippen LogP contribution is -2.21.